The van der Waals surface area contributed by atoms with Crippen LogP contribution in [0.4, 0.5) is 0 Å². The molecule has 20 heavy (non-hydrogen) atoms. The minimum Gasteiger partial charge on any atom is -0.504 e. The number of nitrogens with zero attached hydrogens (tertiary/aromatic N) is 2. The quantitative estimate of drug-likeness (QED) is 0.652. The van der Waals surface area contributed by atoms with Crippen LogP contribution in [0.3, 0.4) is 0 Å². The summed E-state index contributed by atoms with van der Waals surface area (Å²) >= 11 is 1.58. The number of phenols is 2. The normalized spacial score (nSPS) is 9.75. The number of benzene rings is 2. The molecular formula is C15H10N2O2S. The number of rotatable bonds is 2. The fourth-order valence-electron chi connectivity index (χ4n) is 1.91. The Morgan fingerprint density at radius 2 is 1.70 bits per heavy atom. The molecule has 0 aliphatic rings. The summed E-state index contributed by atoms with van der Waals surface area (Å²) in [7, 11) is 0. The molecule has 2 aromatic rings. The Morgan fingerprint density at radius 3 is 2.20 bits per heavy atom. The zero-order chi connectivity index (χ0) is 14.7. The van der Waals surface area contributed by atoms with Crippen LogP contribution in [0, 0.1) is 22.7 Å². The molecule has 0 radical (unpaired) electrons. The van der Waals surface area contributed by atoms with Gasteiger partial charge in [-0.05, 0) is 24.0 Å². The Kier molecular flexibility index (Phi) is 3.84. The van der Waals surface area contributed by atoms with Crippen molar-refractivity contribution in [2.75, 3.05) is 6.26 Å². The Bertz CT molecular complexity index is 740. The molecule has 0 atom stereocenters. The van der Waals surface area contributed by atoms with E-state index < -0.39 is 11.5 Å². The molecular weight excluding hydrogens is 272 g/mol. The van der Waals surface area contributed by atoms with Gasteiger partial charge in [0.2, 0.25) is 0 Å². The van der Waals surface area contributed by atoms with E-state index in [1.807, 2.05) is 30.5 Å². The van der Waals surface area contributed by atoms with Crippen molar-refractivity contribution in [2.45, 2.75) is 4.90 Å². The molecule has 0 aliphatic carbocycles. The minimum absolute atomic E-state index is 0.0987. The van der Waals surface area contributed by atoms with E-state index in [1.54, 1.807) is 23.9 Å². The van der Waals surface area contributed by atoms with E-state index in [2.05, 4.69) is 0 Å². The van der Waals surface area contributed by atoms with E-state index in [0.717, 1.165) is 11.0 Å². The average Bonchev–Trinajstić information content (AvgIpc) is 2.49. The molecule has 0 spiro atoms. The van der Waals surface area contributed by atoms with Gasteiger partial charge in [0.25, 0.3) is 0 Å². The average molecular weight is 282 g/mol. The number of phenolic OH excluding ortho intramolecular Hbond substituents is 2. The summed E-state index contributed by atoms with van der Waals surface area (Å²) in [5.74, 6) is -0.974. The lowest BCUT2D eigenvalue weighted by atomic mass is 9.94. The highest BCUT2D eigenvalue weighted by Gasteiger charge is 2.18. The first-order valence-electron chi connectivity index (χ1n) is 5.66. The summed E-state index contributed by atoms with van der Waals surface area (Å²) in [6, 6.07) is 12.2. The first-order chi connectivity index (χ1) is 9.62. The fraction of sp³-hybridized carbons (Fsp3) is 0.0667. The number of aromatic hydroxyl groups is 2. The topological polar surface area (TPSA) is 88.0 Å². The Labute approximate surface area is 120 Å². The van der Waals surface area contributed by atoms with Crippen LogP contribution in [0.15, 0.2) is 35.2 Å². The minimum atomic E-state index is -0.504. The van der Waals surface area contributed by atoms with E-state index in [4.69, 9.17) is 5.26 Å². The number of nitriles is 2. The summed E-state index contributed by atoms with van der Waals surface area (Å²) in [4.78, 5) is 1.05. The van der Waals surface area contributed by atoms with Gasteiger partial charge in [-0.2, -0.15) is 10.5 Å². The van der Waals surface area contributed by atoms with Crippen LogP contribution >= 0.6 is 11.8 Å². The predicted molar refractivity (Wildman–Crippen MR) is 76.4 cm³/mol. The van der Waals surface area contributed by atoms with Gasteiger partial charge in [-0.1, -0.05) is 12.1 Å². The lowest BCUT2D eigenvalue weighted by Crippen LogP contribution is -1.91. The molecule has 2 aromatic carbocycles. The standard InChI is InChI=1S/C15H10N2O2S/c1-20-11-4-2-9(3-5-11)14-10(7-16)6-13(18)15(19)12(14)8-17/h2-6,18-19H,1H3. The largest absolute Gasteiger partial charge is 0.504 e. The highest BCUT2D eigenvalue weighted by molar-refractivity contribution is 7.98. The highest BCUT2D eigenvalue weighted by atomic mass is 32.2. The van der Waals surface area contributed by atoms with Gasteiger partial charge in [-0.15, -0.1) is 11.8 Å². The molecule has 4 nitrogen and oxygen atoms in total. The summed E-state index contributed by atoms with van der Waals surface area (Å²) in [5, 5.41) is 37.6. The van der Waals surface area contributed by atoms with Gasteiger partial charge in [0.05, 0.1) is 11.6 Å². The molecule has 0 bridgehead atoms. The van der Waals surface area contributed by atoms with E-state index in [9.17, 15) is 15.5 Å². The molecule has 0 aromatic heterocycles. The maximum absolute atomic E-state index is 9.77. The van der Waals surface area contributed by atoms with Crippen molar-refractivity contribution in [1.29, 1.82) is 10.5 Å². The molecule has 98 valence electrons. The summed E-state index contributed by atoms with van der Waals surface area (Å²) in [6.45, 7) is 0. The molecule has 2 N–H and O–H groups in total. The lowest BCUT2D eigenvalue weighted by molar-refractivity contribution is 0.402. The summed E-state index contributed by atoms with van der Waals surface area (Å²) in [5.41, 5.74) is 1.02. The van der Waals surface area contributed by atoms with Crippen LogP contribution in [0.1, 0.15) is 11.1 Å². The molecule has 0 saturated heterocycles. The van der Waals surface area contributed by atoms with Crippen LogP contribution in [0.2, 0.25) is 0 Å². The highest BCUT2D eigenvalue weighted by Crippen LogP contribution is 2.39. The van der Waals surface area contributed by atoms with Crippen LogP contribution in [0.25, 0.3) is 11.1 Å². The molecule has 2 rings (SSSR count). The second-order valence-electron chi connectivity index (χ2n) is 3.99. The van der Waals surface area contributed by atoms with Crippen molar-refractivity contribution in [1.82, 2.24) is 0 Å². The molecule has 0 aliphatic heterocycles. The molecule has 0 heterocycles. The van der Waals surface area contributed by atoms with Crippen LogP contribution in [-0.2, 0) is 0 Å². The van der Waals surface area contributed by atoms with E-state index in [0.29, 0.717) is 11.1 Å². The molecule has 5 heteroatoms. The van der Waals surface area contributed by atoms with Crippen molar-refractivity contribution < 1.29 is 10.2 Å². The van der Waals surface area contributed by atoms with Gasteiger partial charge in [-0.3, -0.25) is 0 Å². The molecule has 0 saturated carbocycles. The smallest absolute Gasteiger partial charge is 0.176 e. The lowest BCUT2D eigenvalue weighted by Gasteiger charge is -2.10. The Balaban J connectivity index is 2.75. The monoisotopic (exact) mass is 282 g/mol. The molecule has 0 amide bonds. The van der Waals surface area contributed by atoms with Crippen molar-refractivity contribution in [3.8, 4) is 34.8 Å². The maximum Gasteiger partial charge on any atom is 0.176 e. The zero-order valence-corrected chi connectivity index (χ0v) is 11.4. The van der Waals surface area contributed by atoms with Crippen molar-refractivity contribution in [2.24, 2.45) is 0 Å². The molecule has 0 fully saturated rings. The van der Waals surface area contributed by atoms with Crippen molar-refractivity contribution in [3.05, 3.63) is 41.5 Å². The van der Waals surface area contributed by atoms with Crippen molar-refractivity contribution in [3.63, 3.8) is 0 Å². The number of hydrogen-bond donors (Lipinski definition) is 2. The van der Waals surface area contributed by atoms with Crippen LogP contribution in [0.5, 0.6) is 11.5 Å². The zero-order valence-electron chi connectivity index (χ0n) is 10.6. The summed E-state index contributed by atoms with van der Waals surface area (Å²) < 4.78 is 0. The van der Waals surface area contributed by atoms with E-state index >= 15 is 0 Å². The van der Waals surface area contributed by atoms with Crippen molar-refractivity contribution >= 4 is 11.8 Å². The van der Waals surface area contributed by atoms with Gasteiger partial charge in [-0.25, -0.2) is 0 Å². The van der Waals surface area contributed by atoms with Crippen LogP contribution in [-0.4, -0.2) is 16.5 Å². The van der Waals surface area contributed by atoms with E-state index in [-0.39, 0.29) is 11.1 Å². The SMILES string of the molecule is CSc1ccc(-c2c(C#N)cc(O)c(O)c2C#N)cc1. The van der Waals surface area contributed by atoms with Gasteiger partial charge in [0.1, 0.15) is 11.6 Å². The van der Waals surface area contributed by atoms with Gasteiger partial charge < -0.3 is 10.2 Å². The number of thioether (sulfide) groups is 1. The first-order valence-corrected chi connectivity index (χ1v) is 6.88. The first kappa shape index (κ1) is 13.8. The summed E-state index contributed by atoms with van der Waals surface area (Å²) in [6.07, 6.45) is 1.95. The second kappa shape index (κ2) is 5.56. The van der Waals surface area contributed by atoms with E-state index in [1.165, 1.54) is 0 Å². The van der Waals surface area contributed by atoms with Gasteiger partial charge >= 0.3 is 0 Å². The Morgan fingerprint density at radius 1 is 1.05 bits per heavy atom. The maximum atomic E-state index is 9.77. The third-order valence-corrected chi connectivity index (χ3v) is 3.63. The van der Waals surface area contributed by atoms with Gasteiger partial charge in [0, 0.05) is 16.5 Å². The van der Waals surface area contributed by atoms with Crippen LogP contribution < -0.4 is 0 Å². The third kappa shape index (κ3) is 2.27. The fourth-order valence-corrected chi connectivity index (χ4v) is 2.32. The van der Waals surface area contributed by atoms with Gasteiger partial charge in [0.15, 0.2) is 11.5 Å². The predicted octanol–water partition coefficient (Wildman–Crippen LogP) is 3.23. The molecule has 0 unspecified atom stereocenters. The second-order valence-corrected chi connectivity index (χ2v) is 4.87. The number of hydrogen-bond acceptors (Lipinski definition) is 5. The third-order valence-electron chi connectivity index (χ3n) is 2.89. The Hall–Kier alpha value is -2.63.